The van der Waals surface area contributed by atoms with Crippen LogP contribution in [-0.4, -0.2) is 27.0 Å². The lowest BCUT2D eigenvalue weighted by molar-refractivity contribution is -0.125. The van der Waals surface area contributed by atoms with E-state index < -0.39 is 9.05 Å². The van der Waals surface area contributed by atoms with Crippen LogP contribution in [0.1, 0.15) is 18.2 Å². The number of thiophene rings is 1. The van der Waals surface area contributed by atoms with Gasteiger partial charge in [-0.1, -0.05) is 0 Å². The van der Waals surface area contributed by atoms with E-state index in [2.05, 4.69) is 5.32 Å². The second kappa shape index (κ2) is 5.78. The fourth-order valence-electron chi connectivity index (χ4n) is 1.90. The van der Waals surface area contributed by atoms with Gasteiger partial charge >= 0.3 is 0 Å². The predicted octanol–water partition coefficient (Wildman–Crippen LogP) is 1.72. The Morgan fingerprint density at radius 1 is 1.58 bits per heavy atom. The van der Waals surface area contributed by atoms with Gasteiger partial charge in [0.2, 0.25) is 5.91 Å². The second-order valence-electron chi connectivity index (χ2n) is 4.45. The van der Waals surface area contributed by atoms with Gasteiger partial charge in [-0.15, -0.1) is 11.3 Å². The monoisotopic (exact) mass is 323 g/mol. The van der Waals surface area contributed by atoms with E-state index in [0.717, 1.165) is 22.6 Å². The average molecular weight is 324 g/mol. The normalized spacial score (nSPS) is 23.5. The summed E-state index contributed by atoms with van der Waals surface area (Å²) in [4.78, 5) is 12.6. The maximum Gasteiger partial charge on any atom is 0.270 e. The number of amides is 1. The Kier molecular flexibility index (Phi) is 4.50. The van der Waals surface area contributed by atoms with Crippen molar-refractivity contribution in [2.45, 2.75) is 30.2 Å². The first-order chi connectivity index (χ1) is 8.86. The van der Waals surface area contributed by atoms with Gasteiger partial charge in [-0.25, -0.2) is 8.42 Å². The van der Waals surface area contributed by atoms with Gasteiger partial charge < -0.3 is 10.1 Å². The van der Waals surface area contributed by atoms with Crippen molar-refractivity contribution in [3.05, 3.63) is 17.0 Å². The van der Waals surface area contributed by atoms with Gasteiger partial charge in [0.15, 0.2) is 0 Å². The van der Waals surface area contributed by atoms with E-state index in [1.165, 1.54) is 6.07 Å². The van der Waals surface area contributed by atoms with Crippen LogP contribution in [-0.2, 0) is 25.1 Å². The Morgan fingerprint density at radius 3 is 2.84 bits per heavy atom. The number of halogens is 1. The highest BCUT2D eigenvalue weighted by atomic mass is 35.7. The van der Waals surface area contributed by atoms with E-state index >= 15 is 0 Å². The molecule has 1 fully saturated rings. The Bertz CT molecular complexity index is 569. The van der Waals surface area contributed by atoms with Crippen LogP contribution < -0.4 is 5.32 Å². The van der Waals surface area contributed by atoms with Gasteiger partial charge in [0, 0.05) is 15.6 Å². The molecule has 2 heterocycles. The highest BCUT2D eigenvalue weighted by Gasteiger charge is 2.28. The third kappa shape index (κ3) is 3.92. The van der Waals surface area contributed by atoms with Crippen LogP contribution in [0.5, 0.6) is 0 Å². The number of rotatable bonds is 4. The lowest BCUT2D eigenvalue weighted by Crippen LogP contribution is -2.30. The van der Waals surface area contributed by atoms with Crippen LogP contribution in [0.4, 0.5) is 0 Å². The predicted molar refractivity (Wildman–Crippen MR) is 72.7 cm³/mol. The van der Waals surface area contributed by atoms with Gasteiger partial charge in [-0.2, -0.15) is 0 Å². The van der Waals surface area contributed by atoms with E-state index in [4.69, 9.17) is 15.4 Å². The molecule has 2 atom stereocenters. The molecule has 1 N–H and O–H groups in total. The summed E-state index contributed by atoms with van der Waals surface area (Å²) in [6.07, 6.45) is 0.836. The molecule has 0 bridgehead atoms. The quantitative estimate of drug-likeness (QED) is 0.856. The van der Waals surface area contributed by atoms with Crippen LogP contribution >= 0.6 is 22.0 Å². The first-order valence-corrected chi connectivity index (χ1v) is 8.91. The molecule has 19 heavy (non-hydrogen) atoms. The summed E-state index contributed by atoms with van der Waals surface area (Å²) < 4.78 is 27.6. The molecule has 1 amide bonds. The van der Waals surface area contributed by atoms with Crippen molar-refractivity contribution in [1.29, 1.82) is 0 Å². The summed E-state index contributed by atoms with van der Waals surface area (Å²) in [5.41, 5.74) is 0. The molecule has 1 aliphatic heterocycles. The van der Waals surface area contributed by atoms with Gasteiger partial charge in [0.25, 0.3) is 9.05 Å². The minimum atomic E-state index is -3.69. The topological polar surface area (TPSA) is 72.5 Å². The number of hydrogen-bond acceptors (Lipinski definition) is 5. The standard InChI is InChI=1S/C11H14ClNO4S2/c1-7-4-8(6-17-7)11(14)13-5-9-2-3-10(18-9)19(12,15)16/h2-3,7-8H,4-6H2,1H3,(H,13,14). The molecular weight excluding hydrogens is 310 g/mol. The van der Waals surface area contributed by atoms with Crippen molar-refractivity contribution in [3.8, 4) is 0 Å². The first kappa shape index (κ1) is 14.8. The minimum Gasteiger partial charge on any atom is -0.378 e. The number of ether oxygens (including phenoxy) is 1. The van der Waals surface area contributed by atoms with Crippen molar-refractivity contribution in [2.24, 2.45) is 5.92 Å². The molecule has 2 rings (SSSR count). The van der Waals surface area contributed by atoms with Crippen LogP contribution in [0.15, 0.2) is 16.3 Å². The van der Waals surface area contributed by atoms with E-state index in [1.54, 1.807) is 6.07 Å². The zero-order valence-corrected chi connectivity index (χ0v) is 12.6. The summed E-state index contributed by atoms with van der Waals surface area (Å²) in [7, 11) is 1.55. The minimum absolute atomic E-state index is 0.0620. The first-order valence-electron chi connectivity index (χ1n) is 5.79. The third-order valence-electron chi connectivity index (χ3n) is 2.88. The molecule has 1 aromatic heterocycles. The van der Waals surface area contributed by atoms with Crippen molar-refractivity contribution in [2.75, 3.05) is 6.61 Å². The van der Waals surface area contributed by atoms with Gasteiger partial charge in [0.1, 0.15) is 4.21 Å². The summed E-state index contributed by atoms with van der Waals surface area (Å²) in [6, 6.07) is 3.09. The maximum absolute atomic E-state index is 11.8. The molecule has 0 aromatic carbocycles. The molecule has 2 unspecified atom stereocenters. The fourth-order valence-corrected chi connectivity index (χ4v) is 3.97. The van der Waals surface area contributed by atoms with E-state index in [0.29, 0.717) is 13.2 Å². The van der Waals surface area contributed by atoms with Gasteiger partial charge in [-0.3, -0.25) is 4.79 Å². The lowest BCUT2D eigenvalue weighted by Gasteiger charge is -2.08. The SMILES string of the molecule is CC1CC(C(=O)NCc2ccc(S(=O)(=O)Cl)s2)CO1. The molecular formula is C11H14ClNO4S2. The Hall–Kier alpha value is -0.630. The highest BCUT2D eigenvalue weighted by Crippen LogP contribution is 2.25. The van der Waals surface area contributed by atoms with E-state index in [-0.39, 0.29) is 22.1 Å². The summed E-state index contributed by atoms with van der Waals surface area (Å²) >= 11 is 1.06. The number of carbonyl (C=O) groups excluding carboxylic acids is 1. The lowest BCUT2D eigenvalue weighted by atomic mass is 10.1. The summed E-state index contributed by atoms with van der Waals surface area (Å²) in [5.74, 6) is -0.181. The number of nitrogens with one attached hydrogen (secondary N) is 1. The van der Waals surface area contributed by atoms with Crippen LogP contribution in [0.3, 0.4) is 0 Å². The van der Waals surface area contributed by atoms with Crippen molar-refractivity contribution in [1.82, 2.24) is 5.32 Å². The molecule has 0 spiro atoms. The van der Waals surface area contributed by atoms with Crippen molar-refractivity contribution >= 4 is 37.0 Å². The van der Waals surface area contributed by atoms with Crippen LogP contribution in [0.25, 0.3) is 0 Å². The molecule has 106 valence electrons. The number of hydrogen-bond donors (Lipinski definition) is 1. The van der Waals surface area contributed by atoms with Crippen molar-refractivity contribution in [3.63, 3.8) is 0 Å². The molecule has 8 heteroatoms. The molecule has 1 aromatic rings. The third-order valence-corrected chi connectivity index (χ3v) is 6.06. The number of carbonyl (C=O) groups is 1. The Labute approximate surface area is 120 Å². The zero-order valence-electron chi connectivity index (χ0n) is 10.3. The molecule has 1 saturated heterocycles. The van der Waals surface area contributed by atoms with Crippen LogP contribution in [0, 0.1) is 5.92 Å². The van der Waals surface area contributed by atoms with Crippen molar-refractivity contribution < 1.29 is 17.9 Å². The average Bonchev–Trinajstić information content (AvgIpc) is 2.93. The fraction of sp³-hybridized carbons (Fsp3) is 0.545. The summed E-state index contributed by atoms with van der Waals surface area (Å²) in [5, 5.41) is 2.78. The van der Waals surface area contributed by atoms with Gasteiger partial charge in [0.05, 0.1) is 25.2 Å². The molecule has 0 aliphatic carbocycles. The second-order valence-corrected chi connectivity index (χ2v) is 8.41. The molecule has 5 nitrogen and oxygen atoms in total. The molecule has 0 saturated carbocycles. The molecule has 1 aliphatic rings. The Balaban J connectivity index is 1.89. The van der Waals surface area contributed by atoms with Gasteiger partial charge in [-0.05, 0) is 25.5 Å². The van der Waals surface area contributed by atoms with Crippen LogP contribution in [0.2, 0.25) is 0 Å². The summed E-state index contributed by atoms with van der Waals surface area (Å²) in [6.45, 7) is 2.68. The highest BCUT2D eigenvalue weighted by molar-refractivity contribution is 8.15. The zero-order chi connectivity index (χ0) is 14.0. The smallest absolute Gasteiger partial charge is 0.270 e. The maximum atomic E-state index is 11.8. The molecule has 0 radical (unpaired) electrons. The largest absolute Gasteiger partial charge is 0.378 e. The van der Waals surface area contributed by atoms with E-state index in [1.807, 2.05) is 6.92 Å². The Morgan fingerprint density at radius 2 is 2.32 bits per heavy atom. The van der Waals surface area contributed by atoms with E-state index in [9.17, 15) is 13.2 Å².